The fraction of sp³-hybridized carbons (Fsp3) is 0.250. The molecule has 0 saturated heterocycles. The number of aromatic amines is 1. The molecule has 1 saturated carbocycles. The zero-order valence-corrected chi connectivity index (χ0v) is 17.2. The van der Waals surface area contributed by atoms with Gasteiger partial charge in [0.1, 0.15) is 11.6 Å². The molecule has 0 atom stereocenters. The van der Waals surface area contributed by atoms with Crippen molar-refractivity contribution in [2.75, 3.05) is 10.6 Å². The van der Waals surface area contributed by atoms with Gasteiger partial charge in [0.25, 0.3) is 0 Å². The van der Waals surface area contributed by atoms with E-state index in [-0.39, 0.29) is 5.91 Å². The number of benzene rings is 1. The standard InChI is InChI=1S/C20H22N8OS/c1-13-10-16(26-25-13)24-18-12-27(11-17-22-8-9-28(17)18)30-15-4-2-14(3-5-15)23-19(29)20(21)6-7-20/h2-5,8-10,12H,6-7,11,21H2,1H3,(H,23,29)(H2,24,25,26). The number of hydrogen-bond donors (Lipinski definition) is 4. The molecule has 1 aromatic carbocycles. The van der Waals surface area contributed by atoms with Crippen molar-refractivity contribution in [3.8, 4) is 0 Å². The molecule has 2 aliphatic rings. The highest BCUT2D eigenvalue weighted by Gasteiger charge is 2.45. The van der Waals surface area contributed by atoms with Crippen LogP contribution < -0.4 is 16.4 Å². The molecule has 0 spiro atoms. The Morgan fingerprint density at radius 3 is 2.80 bits per heavy atom. The highest BCUT2D eigenvalue weighted by atomic mass is 32.2. The number of aryl methyl sites for hydroxylation is 1. The second-order valence-electron chi connectivity index (χ2n) is 7.59. The van der Waals surface area contributed by atoms with Crippen LogP contribution in [0.2, 0.25) is 0 Å². The molecular formula is C20H22N8OS. The Hall–Kier alpha value is -3.24. The van der Waals surface area contributed by atoms with Crippen LogP contribution in [0.4, 0.5) is 11.5 Å². The van der Waals surface area contributed by atoms with Gasteiger partial charge in [-0.3, -0.25) is 14.5 Å². The van der Waals surface area contributed by atoms with Crippen LogP contribution in [0.5, 0.6) is 0 Å². The number of carbonyl (C=O) groups is 1. The van der Waals surface area contributed by atoms with Gasteiger partial charge in [0, 0.05) is 34.7 Å². The van der Waals surface area contributed by atoms with Crippen molar-refractivity contribution in [3.63, 3.8) is 0 Å². The summed E-state index contributed by atoms with van der Waals surface area (Å²) in [5.74, 6) is 2.44. The van der Waals surface area contributed by atoms with Crippen molar-refractivity contribution in [1.82, 2.24) is 24.1 Å². The van der Waals surface area contributed by atoms with Gasteiger partial charge < -0.3 is 20.7 Å². The van der Waals surface area contributed by atoms with Crippen LogP contribution in [0.25, 0.3) is 5.82 Å². The monoisotopic (exact) mass is 422 g/mol. The highest BCUT2D eigenvalue weighted by Crippen LogP contribution is 2.34. The number of nitrogens with one attached hydrogen (secondary N) is 3. The first-order valence-electron chi connectivity index (χ1n) is 9.67. The predicted molar refractivity (Wildman–Crippen MR) is 116 cm³/mol. The van der Waals surface area contributed by atoms with Crippen molar-refractivity contribution in [2.24, 2.45) is 5.73 Å². The van der Waals surface area contributed by atoms with Crippen LogP contribution in [0.15, 0.2) is 53.8 Å². The number of anilines is 2. The fourth-order valence-corrected chi connectivity index (χ4v) is 4.03. The van der Waals surface area contributed by atoms with E-state index in [1.54, 1.807) is 18.1 Å². The first-order chi connectivity index (χ1) is 14.5. The molecule has 154 valence electrons. The summed E-state index contributed by atoms with van der Waals surface area (Å²) < 4.78 is 4.12. The third-order valence-corrected chi connectivity index (χ3v) is 6.03. The topological polar surface area (TPSA) is 117 Å². The summed E-state index contributed by atoms with van der Waals surface area (Å²) in [6.45, 7) is 2.62. The van der Waals surface area contributed by atoms with E-state index in [0.29, 0.717) is 6.54 Å². The summed E-state index contributed by atoms with van der Waals surface area (Å²) in [4.78, 5) is 17.6. The van der Waals surface area contributed by atoms with E-state index in [0.717, 1.165) is 46.6 Å². The Balaban J connectivity index is 1.29. The molecule has 2 aromatic heterocycles. The average Bonchev–Trinajstić information content (AvgIpc) is 3.11. The molecule has 3 heterocycles. The maximum atomic E-state index is 12.1. The van der Waals surface area contributed by atoms with Crippen molar-refractivity contribution < 1.29 is 4.79 Å². The Labute approximate surface area is 177 Å². The number of carbonyl (C=O) groups excluding carboxylic acids is 1. The number of rotatable bonds is 6. The van der Waals surface area contributed by atoms with E-state index in [1.807, 2.05) is 54.2 Å². The van der Waals surface area contributed by atoms with Gasteiger partial charge in [0.15, 0.2) is 5.82 Å². The second kappa shape index (κ2) is 7.22. The summed E-state index contributed by atoms with van der Waals surface area (Å²) in [5.41, 5.74) is 7.00. The molecule has 1 fully saturated rings. The molecule has 0 unspecified atom stereocenters. The minimum atomic E-state index is -0.676. The molecule has 5 rings (SSSR count). The maximum absolute atomic E-state index is 12.1. The SMILES string of the molecule is Cc1cc(NC2=CN(Sc3ccc(NC(=O)C4(N)CC4)cc3)Cc3nccn32)n[nH]1. The van der Waals surface area contributed by atoms with Gasteiger partial charge in [-0.25, -0.2) is 4.98 Å². The first-order valence-corrected chi connectivity index (χ1v) is 10.4. The lowest BCUT2D eigenvalue weighted by atomic mass is 10.2. The van der Waals surface area contributed by atoms with E-state index in [9.17, 15) is 4.79 Å². The van der Waals surface area contributed by atoms with Gasteiger partial charge in [-0.15, -0.1) is 0 Å². The van der Waals surface area contributed by atoms with Crippen molar-refractivity contribution in [3.05, 3.63) is 60.4 Å². The largest absolute Gasteiger partial charge is 0.324 e. The molecule has 1 aliphatic carbocycles. The lowest BCUT2D eigenvalue weighted by Crippen LogP contribution is -2.37. The Morgan fingerprint density at radius 1 is 1.30 bits per heavy atom. The molecule has 9 nitrogen and oxygen atoms in total. The lowest BCUT2D eigenvalue weighted by molar-refractivity contribution is -0.118. The third kappa shape index (κ3) is 3.79. The maximum Gasteiger partial charge on any atom is 0.244 e. The van der Waals surface area contributed by atoms with E-state index < -0.39 is 5.54 Å². The van der Waals surface area contributed by atoms with Gasteiger partial charge in [0.2, 0.25) is 5.91 Å². The van der Waals surface area contributed by atoms with Crippen molar-refractivity contribution in [1.29, 1.82) is 0 Å². The van der Waals surface area contributed by atoms with Crippen LogP contribution in [0.1, 0.15) is 24.4 Å². The first kappa shape index (κ1) is 18.8. The summed E-state index contributed by atoms with van der Waals surface area (Å²) in [5, 5.41) is 13.4. The molecular weight excluding hydrogens is 400 g/mol. The molecule has 1 aliphatic heterocycles. The second-order valence-corrected chi connectivity index (χ2v) is 8.71. The van der Waals surface area contributed by atoms with Crippen molar-refractivity contribution in [2.45, 2.75) is 36.7 Å². The third-order valence-electron chi connectivity index (χ3n) is 5.08. The van der Waals surface area contributed by atoms with Crippen LogP contribution in [-0.4, -0.2) is 35.5 Å². The summed E-state index contributed by atoms with van der Waals surface area (Å²) in [6, 6.07) is 9.70. The molecule has 0 radical (unpaired) electrons. The summed E-state index contributed by atoms with van der Waals surface area (Å²) in [7, 11) is 0. The summed E-state index contributed by atoms with van der Waals surface area (Å²) >= 11 is 1.59. The molecule has 30 heavy (non-hydrogen) atoms. The van der Waals surface area contributed by atoms with Crippen LogP contribution in [0.3, 0.4) is 0 Å². The number of fused-ring (bicyclic) bond motifs is 1. The highest BCUT2D eigenvalue weighted by molar-refractivity contribution is 7.97. The van der Waals surface area contributed by atoms with Gasteiger partial charge in [-0.05, 0) is 56.0 Å². The quantitative estimate of drug-likeness (QED) is 0.451. The number of H-pyrrole nitrogens is 1. The normalized spacial score (nSPS) is 16.6. The minimum Gasteiger partial charge on any atom is -0.324 e. The zero-order chi connectivity index (χ0) is 20.7. The smallest absolute Gasteiger partial charge is 0.244 e. The van der Waals surface area contributed by atoms with E-state index in [4.69, 9.17) is 5.73 Å². The number of nitrogens with zero attached hydrogens (tertiary/aromatic N) is 4. The van der Waals surface area contributed by atoms with Crippen LogP contribution in [0, 0.1) is 6.92 Å². The fourth-order valence-electron chi connectivity index (χ4n) is 3.17. The minimum absolute atomic E-state index is 0.113. The van der Waals surface area contributed by atoms with Crippen molar-refractivity contribution >= 4 is 35.2 Å². The zero-order valence-electron chi connectivity index (χ0n) is 16.4. The van der Waals surface area contributed by atoms with Gasteiger partial charge in [-0.2, -0.15) is 5.10 Å². The number of aromatic nitrogens is 4. The Bertz CT molecular complexity index is 1110. The van der Waals surface area contributed by atoms with E-state index in [1.165, 1.54) is 0 Å². The number of hydrogen-bond acceptors (Lipinski definition) is 7. The molecule has 0 bridgehead atoms. The molecule has 5 N–H and O–H groups in total. The number of amides is 1. The van der Waals surface area contributed by atoms with Crippen LogP contribution in [-0.2, 0) is 11.3 Å². The molecule has 10 heteroatoms. The Kier molecular flexibility index (Phi) is 4.52. The molecule has 3 aromatic rings. The van der Waals surface area contributed by atoms with E-state index in [2.05, 4.69) is 30.1 Å². The lowest BCUT2D eigenvalue weighted by Gasteiger charge is -2.26. The van der Waals surface area contributed by atoms with Gasteiger partial charge in [-0.1, -0.05) is 0 Å². The van der Waals surface area contributed by atoms with Crippen LogP contribution >= 0.6 is 11.9 Å². The number of nitrogens with two attached hydrogens (primary N) is 1. The Morgan fingerprint density at radius 2 is 2.10 bits per heavy atom. The summed E-state index contributed by atoms with van der Waals surface area (Å²) in [6.07, 6.45) is 7.24. The number of imidazole rings is 1. The van der Waals surface area contributed by atoms with E-state index >= 15 is 0 Å². The predicted octanol–water partition coefficient (Wildman–Crippen LogP) is 2.74. The average molecular weight is 423 g/mol. The van der Waals surface area contributed by atoms with Gasteiger partial charge >= 0.3 is 0 Å². The molecule has 1 amide bonds. The van der Waals surface area contributed by atoms with Gasteiger partial charge in [0.05, 0.1) is 18.3 Å².